The molecule has 1 unspecified atom stereocenters. The molecule has 0 aliphatic carbocycles. The number of thioether (sulfide) groups is 1. The molecule has 0 aromatic carbocycles. The Balaban J connectivity index is 3.61. The van der Waals surface area contributed by atoms with Crippen LogP contribution in [0.15, 0.2) is 0 Å². The van der Waals surface area contributed by atoms with Gasteiger partial charge >= 0.3 is 12.0 Å². The lowest BCUT2D eigenvalue weighted by atomic mass is 10.2. The molecule has 0 aliphatic heterocycles. The van der Waals surface area contributed by atoms with Gasteiger partial charge in [-0.3, -0.25) is 0 Å². The highest BCUT2D eigenvalue weighted by Crippen LogP contribution is 1.97. The van der Waals surface area contributed by atoms with Gasteiger partial charge in [0.1, 0.15) is 6.04 Å². The highest BCUT2D eigenvalue weighted by molar-refractivity contribution is 7.98. The molecule has 0 aromatic heterocycles. The van der Waals surface area contributed by atoms with Gasteiger partial charge in [0.15, 0.2) is 0 Å². The Morgan fingerprint density at radius 2 is 2.06 bits per heavy atom. The summed E-state index contributed by atoms with van der Waals surface area (Å²) in [5, 5.41) is 13.8. The van der Waals surface area contributed by atoms with Crippen LogP contribution in [-0.2, 0) is 4.79 Å². The van der Waals surface area contributed by atoms with E-state index in [0.717, 1.165) is 18.6 Å². The summed E-state index contributed by atoms with van der Waals surface area (Å²) >= 11 is 1.77. The van der Waals surface area contributed by atoms with Gasteiger partial charge in [-0.25, -0.2) is 9.59 Å². The summed E-state index contributed by atoms with van der Waals surface area (Å²) in [5.74, 6) is 0.0794. The second-order valence-corrected chi connectivity index (χ2v) is 4.38. The van der Waals surface area contributed by atoms with Gasteiger partial charge in [-0.2, -0.15) is 11.8 Å². The first-order chi connectivity index (χ1) is 7.61. The van der Waals surface area contributed by atoms with Crippen molar-refractivity contribution in [2.75, 3.05) is 18.6 Å². The van der Waals surface area contributed by atoms with Gasteiger partial charge in [-0.15, -0.1) is 0 Å². The SMILES string of the molecule is CCC(NC(=O)NCCCCSC)C(=O)O. The van der Waals surface area contributed by atoms with Crippen LogP contribution in [0.2, 0.25) is 0 Å². The molecule has 5 nitrogen and oxygen atoms in total. The van der Waals surface area contributed by atoms with E-state index >= 15 is 0 Å². The third-order valence-corrected chi connectivity index (χ3v) is 2.77. The number of hydrogen-bond acceptors (Lipinski definition) is 3. The van der Waals surface area contributed by atoms with E-state index in [-0.39, 0.29) is 0 Å². The van der Waals surface area contributed by atoms with E-state index in [4.69, 9.17) is 5.11 Å². The maximum atomic E-state index is 11.3. The zero-order valence-corrected chi connectivity index (χ0v) is 10.6. The molecular formula is C10H20N2O3S. The zero-order valence-electron chi connectivity index (χ0n) is 9.78. The van der Waals surface area contributed by atoms with Gasteiger partial charge in [0.05, 0.1) is 0 Å². The molecule has 0 fully saturated rings. The number of amides is 2. The number of unbranched alkanes of at least 4 members (excludes halogenated alkanes) is 1. The van der Waals surface area contributed by atoms with Gasteiger partial charge < -0.3 is 15.7 Å². The Morgan fingerprint density at radius 3 is 2.56 bits per heavy atom. The van der Waals surface area contributed by atoms with E-state index in [1.165, 1.54) is 0 Å². The quantitative estimate of drug-likeness (QED) is 0.566. The van der Waals surface area contributed by atoms with Crippen molar-refractivity contribution in [3.05, 3.63) is 0 Å². The molecule has 16 heavy (non-hydrogen) atoms. The fourth-order valence-corrected chi connectivity index (χ4v) is 1.61. The van der Waals surface area contributed by atoms with Crippen LogP contribution >= 0.6 is 11.8 Å². The van der Waals surface area contributed by atoms with E-state index in [1.54, 1.807) is 18.7 Å². The molecule has 6 heteroatoms. The molecule has 94 valence electrons. The first-order valence-corrected chi connectivity index (χ1v) is 6.77. The van der Waals surface area contributed by atoms with Crippen molar-refractivity contribution in [3.63, 3.8) is 0 Å². The normalized spacial score (nSPS) is 11.9. The Kier molecular flexibility index (Phi) is 8.80. The topological polar surface area (TPSA) is 78.4 Å². The number of nitrogens with one attached hydrogen (secondary N) is 2. The fourth-order valence-electron chi connectivity index (χ4n) is 1.12. The summed E-state index contributed by atoms with van der Waals surface area (Å²) < 4.78 is 0. The molecule has 0 saturated heterocycles. The minimum absolute atomic E-state index is 0.384. The lowest BCUT2D eigenvalue weighted by Crippen LogP contribution is -2.45. The molecule has 0 radical (unpaired) electrons. The average Bonchev–Trinajstić information content (AvgIpc) is 2.25. The summed E-state index contributed by atoms with van der Waals surface area (Å²) in [5.41, 5.74) is 0. The number of carboxylic acid groups (broad SMARTS) is 1. The van der Waals surface area contributed by atoms with Crippen LogP contribution in [0.1, 0.15) is 26.2 Å². The number of carbonyl (C=O) groups is 2. The summed E-state index contributed by atoms with van der Waals surface area (Å²) in [4.78, 5) is 21.9. The maximum absolute atomic E-state index is 11.3. The van der Waals surface area contributed by atoms with Crippen LogP contribution in [0.4, 0.5) is 4.79 Å². The standard InChI is InChI=1S/C10H20N2O3S/c1-3-8(9(13)14)12-10(15)11-6-4-5-7-16-2/h8H,3-7H2,1-2H3,(H,13,14)(H2,11,12,15). The van der Waals surface area contributed by atoms with Gasteiger partial charge in [-0.05, 0) is 31.3 Å². The van der Waals surface area contributed by atoms with Crippen LogP contribution in [0.5, 0.6) is 0 Å². The van der Waals surface area contributed by atoms with Crippen LogP contribution in [0, 0.1) is 0 Å². The van der Waals surface area contributed by atoms with Crippen molar-refractivity contribution in [1.29, 1.82) is 0 Å². The molecule has 0 saturated carbocycles. The summed E-state index contributed by atoms with van der Waals surface area (Å²) in [6.07, 6.45) is 4.39. The molecule has 1 atom stereocenters. The second-order valence-electron chi connectivity index (χ2n) is 3.40. The Labute approximate surface area is 100 Å². The van der Waals surface area contributed by atoms with E-state index in [1.807, 2.05) is 6.26 Å². The smallest absolute Gasteiger partial charge is 0.326 e. The first-order valence-electron chi connectivity index (χ1n) is 5.38. The van der Waals surface area contributed by atoms with Gasteiger partial charge in [0.25, 0.3) is 0 Å². The highest BCUT2D eigenvalue weighted by Gasteiger charge is 2.16. The third-order valence-electron chi connectivity index (χ3n) is 2.07. The number of rotatable bonds is 8. The number of carbonyl (C=O) groups excluding carboxylic acids is 1. The number of carboxylic acids is 1. The molecule has 0 spiro atoms. The largest absolute Gasteiger partial charge is 0.480 e. The van der Waals surface area contributed by atoms with Crippen LogP contribution < -0.4 is 10.6 Å². The number of aliphatic carboxylic acids is 1. The van der Waals surface area contributed by atoms with Crippen LogP contribution in [0.3, 0.4) is 0 Å². The van der Waals surface area contributed by atoms with E-state index in [2.05, 4.69) is 10.6 Å². The molecule has 0 aromatic rings. The molecule has 3 N–H and O–H groups in total. The average molecular weight is 248 g/mol. The molecule has 0 rings (SSSR count). The predicted molar refractivity (Wildman–Crippen MR) is 65.9 cm³/mol. The van der Waals surface area contributed by atoms with Crippen molar-refractivity contribution >= 4 is 23.8 Å². The van der Waals surface area contributed by atoms with E-state index in [9.17, 15) is 9.59 Å². The Morgan fingerprint density at radius 1 is 1.38 bits per heavy atom. The van der Waals surface area contributed by atoms with Crippen molar-refractivity contribution in [3.8, 4) is 0 Å². The maximum Gasteiger partial charge on any atom is 0.326 e. The lowest BCUT2D eigenvalue weighted by molar-refractivity contribution is -0.139. The van der Waals surface area contributed by atoms with Gasteiger partial charge in [0, 0.05) is 6.54 Å². The minimum atomic E-state index is -1.000. The second kappa shape index (κ2) is 9.33. The predicted octanol–water partition coefficient (Wildman–Crippen LogP) is 1.29. The minimum Gasteiger partial charge on any atom is -0.480 e. The van der Waals surface area contributed by atoms with Crippen LogP contribution in [-0.4, -0.2) is 41.7 Å². The fraction of sp³-hybridized carbons (Fsp3) is 0.800. The molecule has 0 aliphatic rings. The molecule has 2 amide bonds. The van der Waals surface area contributed by atoms with E-state index < -0.39 is 18.0 Å². The lowest BCUT2D eigenvalue weighted by Gasteiger charge is -2.12. The highest BCUT2D eigenvalue weighted by atomic mass is 32.2. The van der Waals surface area contributed by atoms with Crippen LogP contribution in [0.25, 0.3) is 0 Å². The first kappa shape index (κ1) is 15.1. The van der Waals surface area contributed by atoms with Crippen molar-refractivity contribution in [1.82, 2.24) is 10.6 Å². The number of hydrogen-bond donors (Lipinski definition) is 3. The third kappa shape index (κ3) is 7.39. The van der Waals surface area contributed by atoms with Gasteiger partial charge in [0.2, 0.25) is 0 Å². The summed E-state index contributed by atoms with van der Waals surface area (Å²) in [6, 6.07) is -1.20. The van der Waals surface area contributed by atoms with Gasteiger partial charge in [-0.1, -0.05) is 6.92 Å². The zero-order chi connectivity index (χ0) is 12.4. The summed E-state index contributed by atoms with van der Waals surface area (Å²) in [6.45, 7) is 2.31. The van der Waals surface area contributed by atoms with Crippen molar-refractivity contribution in [2.24, 2.45) is 0 Å². The monoisotopic (exact) mass is 248 g/mol. The van der Waals surface area contributed by atoms with E-state index in [0.29, 0.717) is 13.0 Å². The summed E-state index contributed by atoms with van der Waals surface area (Å²) in [7, 11) is 0. The Bertz CT molecular complexity index is 224. The molecular weight excluding hydrogens is 228 g/mol. The molecule has 0 heterocycles. The van der Waals surface area contributed by atoms with Crippen molar-refractivity contribution < 1.29 is 14.7 Å². The number of urea groups is 1. The Hall–Kier alpha value is -0.910. The molecule has 0 bridgehead atoms. The van der Waals surface area contributed by atoms with Crippen molar-refractivity contribution in [2.45, 2.75) is 32.2 Å².